The van der Waals surface area contributed by atoms with Crippen LogP contribution in [0.2, 0.25) is 0 Å². The summed E-state index contributed by atoms with van der Waals surface area (Å²) in [6.07, 6.45) is 1.54. The number of ether oxygens (including phenoxy) is 1. The molecule has 0 spiro atoms. The summed E-state index contributed by atoms with van der Waals surface area (Å²) < 4.78 is 5.94. The molecule has 1 atom stereocenters. The van der Waals surface area contributed by atoms with Gasteiger partial charge < -0.3 is 4.74 Å². The number of hydrogen-bond donors (Lipinski definition) is 0. The predicted molar refractivity (Wildman–Crippen MR) is 63.6 cm³/mol. The van der Waals surface area contributed by atoms with Crippen molar-refractivity contribution in [3.63, 3.8) is 0 Å². The van der Waals surface area contributed by atoms with Gasteiger partial charge in [-0.1, -0.05) is 25.1 Å². The molecule has 0 N–H and O–H groups in total. The highest BCUT2D eigenvalue weighted by Crippen LogP contribution is 2.39. The van der Waals surface area contributed by atoms with Crippen LogP contribution in [0.4, 0.5) is 0 Å². The van der Waals surface area contributed by atoms with Crippen LogP contribution in [0.25, 0.3) is 0 Å². The second-order valence-corrected chi connectivity index (χ2v) is 4.92. The minimum Gasteiger partial charge on any atom is -0.489 e. The maximum Gasteiger partial charge on any atom is 0.145 e. The van der Waals surface area contributed by atoms with E-state index in [-0.39, 0.29) is 11.5 Å². The Kier molecular flexibility index (Phi) is 2.75. The highest BCUT2D eigenvalue weighted by Gasteiger charge is 2.49. The number of aryl methyl sites for hydroxylation is 1. The van der Waals surface area contributed by atoms with E-state index in [1.807, 2.05) is 32.0 Å². The monoisotopic (exact) mass is 218 g/mol. The second-order valence-electron chi connectivity index (χ2n) is 4.92. The van der Waals surface area contributed by atoms with Crippen molar-refractivity contribution in [3.05, 3.63) is 29.8 Å². The van der Waals surface area contributed by atoms with Crippen molar-refractivity contribution < 1.29 is 9.53 Å². The fourth-order valence-electron chi connectivity index (χ4n) is 1.99. The molecule has 0 amide bonds. The summed E-state index contributed by atoms with van der Waals surface area (Å²) in [7, 11) is 0. The van der Waals surface area contributed by atoms with Crippen LogP contribution in [-0.2, 0) is 11.2 Å². The van der Waals surface area contributed by atoms with Gasteiger partial charge in [-0.25, -0.2) is 0 Å². The average molecular weight is 218 g/mol. The Hall–Kier alpha value is -1.31. The number of ketones is 1. The highest BCUT2D eigenvalue weighted by molar-refractivity contribution is 5.91. The molecule has 0 aliphatic heterocycles. The van der Waals surface area contributed by atoms with Crippen molar-refractivity contribution in [2.75, 3.05) is 0 Å². The Morgan fingerprint density at radius 3 is 2.62 bits per heavy atom. The smallest absolute Gasteiger partial charge is 0.145 e. The Morgan fingerprint density at radius 2 is 2.06 bits per heavy atom. The summed E-state index contributed by atoms with van der Waals surface area (Å²) in [6, 6.07) is 8.05. The van der Waals surface area contributed by atoms with Gasteiger partial charge in [-0.05, 0) is 31.9 Å². The van der Waals surface area contributed by atoms with Gasteiger partial charge in [-0.2, -0.15) is 0 Å². The molecule has 1 aromatic carbocycles. The van der Waals surface area contributed by atoms with Gasteiger partial charge in [0.25, 0.3) is 0 Å². The molecule has 1 aliphatic rings. The standard InChI is InChI=1S/C14H18O2/c1-4-10-7-5-6-8-11(10)16-13-9-12(15)14(13,2)3/h5-8,13H,4,9H2,1-3H3. The summed E-state index contributed by atoms with van der Waals surface area (Å²) in [5.74, 6) is 1.22. The number of rotatable bonds is 3. The van der Waals surface area contributed by atoms with Crippen LogP contribution in [-0.4, -0.2) is 11.9 Å². The summed E-state index contributed by atoms with van der Waals surface area (Å²) in [6.45, 7) is 6.02. The molecule has 1 fully saturated rings. The third kappa shape index (κ3) is 1.73. The van der Waals surface area contributed by atoms with Crippen molar-refractivity contribution in [1.29, 1.82) is 0 Å². The molecule has 0 saturated heterocycles. The minimum absolute atomic E-state index is 0.0349. The van der Waals surface area contributed by atoms with Crippen LogP contribution >= 0.6 is 0 Å². The first-order valence-electron chi connectivity index (χ1n) is 5.83. The van der Waals surface area contributed by atoms with Crippen molar-refractivity contribution in [2.45, 2.75) is 39.7 Å². The number of carbonyl (C=O) groups excluding carboxylic acids is 1. The molecule has 2 heteroatoms. The van der Waals surface area contributed by atoms with Gasteiger partial charge in [0.2, 0.25) is 0 Å². The Labute approximate surface area is 96.6 Å². The molecule has 0 radical (unpaired) electrons. The first kappa shape index (κ1) is 11.2. The molecule has 1 saturated carbocycles. The summed E-state index contributed by atoms with van der Waals surface area (Å²) >= 11 is 0. The molecule has 86 valence electrons. The maximum absolute atomic E-state index is 11.4. The van der Waals surface area contributed by atoms with E-state index in [2.05, 4.69) is 13.0 Å². The van der Waals surface area contributed by atoms with Crippen LogP contribution in [0, 0.1) is 5.41 Å². The number of para-hydroxylation sites is 1. The van der Waals surface area contributed by atoms with E-state index < -0.39 is 0 Å². The molecular weight excluding hydrogens is 200 g/mol. The molecule has 0 heterocycles. The minimum atomic E-state index is -0.319. The Bertz CT molecular complexity index is 407. The number of carbonyl (C=O) groups is 1. The van der Waals surface area contributed by atoms with Gasteiger partial charge in [0.15, 0.2) is 0 Å². The van der Waals surface area contributed by atoms with Gasteiger partial charge in [0.05, 0.1) is 5.41 Å². The van der Waals surface area contributed by atoms with E-state index in [1.165, 1.54) is 5.56 Å². The summed E-state index contributed by atoms with van der Waals surface area (Å²) in [4.78, 5) is 11.4. The normalized spacial score (nSPS) is 22.7. The van der Waals surface area contributed by atoms with E-state index >= 15 is 0 Å². The summed E-state index contributed by atoms with van der Waals surface area (Å²) in [5, 5.41) is 0. The van der Waals surface area contributed by atoms with Crippen molar-refractivity contribution in [1.82, 2.24) is 0 Å². The van der Waals surface area contributed by atoms with E-state index in [0.717, 1.165) is 12.2 Å². The van der Waals surface area contributed by atoms with Crippen LogP contribution in [0.1, 0.15) is 32.8 Å². The summed E-state index contributed by atoms with van der Waals surface area (Å²) in [5.41, 5.74) is 0.888. The van der Waals surface area contributed by atoms with Crippen LogP contribution < -0.4 is 4.74 Å². The van der Waals surface area contributed by atoms with Crippen molar-refractivity contribution in [3.8, 4) is 5.75 Å². The molecule has 1 aliphatic carbocycles. The van der Waals surface area contributed by atoms with Gasteiger partial charge in [0.1, 0.15) is 17.6 Å². The van der Waals surface area contributed by atoms with Gasteiger partial charge in [0, 0.05) is 6.42 Å². The van der Waals surface area contributed by atoms with Crippen LogP contribution in [0.15, 0.2) is 24.3 Å². The molecule has 0 aromatic heterocycles. The molecular formula is C14H18O2. The van der Waals surface area contributed by atoms with E-state index in [4.69, 9.17) is 4.74 Å². The largest absolute Gasteiger partial charge is 0.489 e. The fourth-order valence-corrected chi connectivity index (χ4v) is 1.99. The lowest BCUT2D eigenvalue weighted by molar-refractivity contribution is -0.148. The van der Waals surface area contributed by atoms with E-state index in [9.17, 15) is 4.79 Å². The molecule has 1 aromatic rings. The quantitative estimate of drug-likeness (QED) is 0.779. The topological polar surface area (TPSA) is 26.3 Å². The lowest BCUT2D eigenvalue weighted by Crippen LogP contribution is -2.53. The van der Waals surface area contributed by atoms with E-state index in [1.54, 1.807) is 0 Å². The first-order chi connectivity index (χ1) is 7.55. The molecule has 2 rings (SSSR count). The lowest BCUT2D eigenvalue weighted by Gasteiger charge is -2.42. The molecule has 0 bridgehead atoms. The van der Waals surface area contributed by atoms with Crippen molar-refractivity contribution >= 4 is 5.78 Å². The van der Waals surface area contributed by atoms with Gasteiger partial charge in [-0.15, -0.1) is 0 Å². The molecule has 2 nitrogen and oxygen atoms in total. The van der Waals surface area contributed by atoms with Crippen LogP contribution in [0.3, 0.4) is 0 Å². The zero-order valence-corrected chi connectivity index (χ0v) is 10.1. The first-order valence-corrected chi connectivity index (χ1v) is 5.83. The lowest BCUT2D eigenvalue weighted by atomic mass is 9.68. The molecule has 1 unspecified atom stereocenters. The second kappa shape index (κ2) is 3.93. The zero-order chi connectivity index (χ0) is 11.8. The maximum atomic E-state index is 11.4. The zero-order valence-electron chi connectivity index (χ0n) is 10.1. The predicted octanol–water partition coefficient (Wildman–Crippen LogP) is 3.00. The average Bonchev–Trinajstić information content (AvgIpc) is 2.29. The number of benzene rings is 1. The Balaban J connectivity index is 2.13. The van der Waals surface area contributed by atoms with Gasteiger partial charge >= 0.3 is 0 Å². The van der Waals surface area contributed by atoms with Gasteiger partial charge in [-0.3, -0.25) is 4.79 Å². The SMILES string of the molecule is CCc1ccccc1OC1CC(=O)C1(C)C. The van der Waals surface area contributed by atoms with Crippen molar-refractivity contribution in [2.24, 2.45) is 5.41 Å². The fraction of sp³-hybridized carbons (Fsp3) is 0.500. The number of hydrogen-bond acceptors (Lipinski definition) is 2. The highest BCUT2D eigenvalue weighted by atomic mass is 16.5. The third-order valence-corrected chi connectivity index (χ3v) is 3.52. The van der Waals surface area contributed by atoms with E-state index in [0.29, 0.717) is 12.2 Å². The number of Topliss-reactive ketones (excluding diaryl/α,β-unsaturated/α-hetero) is 1. The van der Waals surface area contributed by atoms with Crippen LogP contribution in [0.5, 0.6) is 5.75 Å². The Morgan fingerprint density at radius 1 is 1.38 bits per heavy atom. The third-order valence-electron chi connectivity index (χ3n) is 3.52. The molecule has 16 heavy (non-hydrogen) atoms.